The van der Waals surface area contributed by atoms with Crippen molar-refractivity contribution in [3.8, 4) is 11.1 Å². The molecule has 1 aliphatic rings. The first-order valence-electron chi connectivity index (χ1n) is 12.2. The topological polar surface area (TPSA) is 134 Å². The molecule has 0 bridgehead atoms. The van der Waals surface area contributed by atoms with Gasteiger partial charge in [0.15, 0.2) is 0 Å². The molecule has 35 heavy (non-hydrogen) atoms. The lowest BCUT2D eigenvalue weighted by Gasteiger charge is -2.24. The van der Waals surface area contributed by atoms with E-state index < -0.39 is 12.2 Å². The Bertz CT molecular complexity index is 1090. The highest BCUT2D eigenvalue weighted by Gasteiger charge is 2.21. The van der Waals surface area contributed by atoms with Gasteiger partial charge in [0.25, 0.3) is 6.41 Å². The number of aliphatic hydroxyl groups is 2. The molecule has 1 aliphatic carbocycles. The van der Waals surface area contributed by atoms with Crippen LogP contribution in [0.25, 0.3) is 11.1 Å². The van der Waals surface area contributed by atoms with Crippen LogP contribution in [0.5, 0.6) is 0 Å². The molecule has 1 amide bonds. The minimum absolute atomic E-state index is 0.0722. The second-order valence-corrected chi connectivity index (χ2v) is 8.95. The van der Waals surface area contributed by atoms with E-state index in [1.165, 1.54) is 12.5 Å². The molecular weight excluding hydrogens is 447 g/mol. The summed E-state index contributed by atoms with van der Waals surface area (Å²) < 4.78 is 15.3. The molecule has 2 aromatic rings. The molecule has 1 saturated carbocycles. The second kappa shape index (κ2) is 12.5. The van der Waals surface area contributed by atoms with E-state index in [9.17, 15) is 4.79 Å². The number of hydrogen-bond acceptors (Lipinski definition) is 5. The average Bonchev–Trinajstić information content (AvgIpc) is 2.83. The van der Waals surface area contributed by atoms with Crippen LogP contribution in [0.4, 0.5) is 4.39 Å². The van der Waals surface area contributed by atoms with E-state index in [1.807, 2.05) is 6.92 Å². The summed E-state index contributed by atoms with van der Waals surface area (Å²) in [6.07, 6.45) is 4.79. The summed E-state index contributed by atoms with van der Waals surface area (Å²) >= 11 is 0. The zero-order chi connectivity index (χ0) is 25.4. The van der Waals surface area contributed by atoms with Crippen LogP contribution in [0.2, 0.25) is 0 Å². The van der Waals surface area contributed by atoms with Crippen molar-refractivity contribution < 1.29 is 19.4 Å². The van der Waals surface area contributed by atoms with Gasteiger partial charge >= 0.3 is 0 Å². The number of aliphatic hydroxyl groups excluding tert-OH is 1. The number of rotatable bonds is 9. The number of nitrogens with one attached hydrogen (secondary N) is 1. The quantitative estimate of drug-likeness (QED) is 0.161. The maximum Gasteiger partial charge on any atom is 0.255 e. The number of amides is 1. The van der Waals surface area contributed by atoms with Crippen LogP contribution in [0, 0.1) is 5.82 Å². The summed E-state index contributed by atoms with van der Waals surface area (Å²) in [5.41, 5.74) is 15.0. The van der Waals surface area contributed by atoms with Gasteiger partial charge < -0.3 is 27.0 Å². The zero-order valence-electron chi connectivity index (χ0n) is 20.1. The van der Waals surface area contributed by atoms with E-state index >= 15 is 4.39 Å². The molecule has 0 radical (unpaired) electrons. The van der Waals surface area contributed by atoms with E-state index in [0.29, 0.717) is 39.9 Å². The Morgan fingerprint density at radius 1 is 1.14 bits per heavy atom. The molecule has 7 nitrogen and oxygen atoms in total. The number of nitrogens with zero attached hydrogens (tertiary/aromatic N) is 1. The lowest BCUT2D eigenvalue weighted by Crippen LogP contribution is -2.38. The van der Waals surface area contributed by atoms with E-state index in [2.05, 4.69) is 10.3 Å². The van der Waals surface area contributed by atoms with Gasteiger partial charge in [-0.3, -0.25) is 4.79 Å². The minimum atomic E-state index is -1.94. The maximum absolute atomic E-state index is 15.3. The van der Waals surface area contributed by atoms with Gasteiger partial charge in [-0.1, -0.05) is 69.0 Å². The Balaban J connectivity index is 1.88. The number of hydrogen-bond donors (Lipinski definition) is 5. The molecule has 0 aliphatic heterocycles. The molecule has 3 rings (SSSR count). The highest BCUT2D eigenvalue weighted by molar-refractivity contribution is 6.03. The van der Waals surface area contributed by atoms with Gasteiger partial charge in [0.1, 0.15) is 11.7 Å². The fourth-order valence-corrected chi connectivity index (χ4v) is 4.48. The fraction of sp³-hybridized carbons (Fsp3) is 0.407. The first kappa shape index (κ1) is 26.4. The van der Waals surface area contributed by atoms with E-state index in [4.69, 9.17) is 21.7 Å². The highest BCUT2D eigenvalue weighted by atomic mass is 19.1. The van der Waals surface area contributed by atoms with Crippen molar-refractivity contribution in [2.75, 3.05) is 0 Å². The molecule has 7 N–H and O–H groups in total. The standard InChI is InChI=1S/C27H35FN4O3/c1-2-8-24(29)22(26(33)31-19-9-4-3-5-10-19)15-18-14-13-17(16-23(18)28)20-11-6-7-12-21(20)25(30)32-27(34)35/h6-7,11-14,16,19,27,34-35H,2-5,8-10,15,29H2,1H3,(H2,30,32)(H,31,33)/b24-22-. The summed E-state index contributed by atoms with van der Waals surface area (Å²) in [7, 11) is 0. The van der Waals surface area contributed by atoms with E-state index in [0.717, 1.165) is 32.1 Å². The summed E-state index contributed by atoms with van der Waals surface area (Å²) in [5.74, 6) is -0.762. The van der Waals surface area contributed by atoms with Gasteiger partial charge in [-0.2, -0.15) is 0 Å². The lowest BCUT2D eigenvalue weighted by molar-refractivity contribution is -0.118. The van der Waals surface area contributed by atoms with Crippen LogP contribution in [-0.4, -0.2) is 34.4 Å². The predicted molar refractivity (Wildman–Crippen MR) is 136 cm³/mol. The van der Waals surface area contributed by atoms with E-state index in [-0.39, 0.29) is 24.2 Å². The number of carbonyl (C=O) groups is 1. The van der Waals surface area contributed by atoms with Crippen molar-refractivity contribution in [3.05, 3.63) is 70.7 Å². The van der Waals surface area contributed by atoms with Crippen molar-refractivity contribution in [2.45, 2.75) is 70.7 Å². The molecule has 0 heterocycles. The molecule has 188 valence electrons. The Kier molecular flexibility index (Phi) is 9.39. The molecule has 0 aromatic heterocycles. The molecule has 2 aromatic carbocycles. The van der Waals surface area contributed by atoms with Crippen LogP contribution >= 0.6 is 0 Å². The normalized spacial score (nSPS) is 15.7. The summed E-state index contributed by atoms with van der Waals surface area (Å²) in [6.45, 7) is 1.99. The third-order valence-electron chi connectivity index (χ3n) is 6.31. The number of carbonyl (C=O) groups excluding carboxylic acids is 1. The number of nitrogens with two attached hydrogens (primary N) is 2. The second-order valence-electron chi connectivity index (χ2n) is 8.95. The van der Waals surface area contributed by atoms with Crippen molar-refractivity contribution in [1.29, 1.82) is 0 Å². The predicted octanol–water partition coefficient (Wildman–Crippen LogP) is 3.47. The molecule has 0 atom stereocenters. The number of aliphatic imine (C=N–C) groups is 1. The van der Waals surface area contributed by atoms with Crippen LogP contribution in [-0.2, 0) is 11.2 Å². The van der Waals surface area contributed by atoms with Crippen molar-refractivity contribution in [1.82, 2.24) is 5.32 Å². The van der Waals surface area contributed by atoms with Gasteiger partial charge in [-0.15, -0.1) is 0 Å². The SMILES string of the molecule is CCC/C(N)=C(\Cc1ccc(-c2ccccc2/C(N)=N/C(O)O)cc1F)C(=O)NC1CCCCC1. The Morgan fingerprint density at radius 3 is 2.51 bits per heavy atom. The van der Waals surface area contributed by atoms with E-state index in [1.54, 1.807) is 36.4 Å². The Labute approximate surface area is 205 Å². The van der Waals surface area contributed by atoms with Crippen molar-refractivity contribution >= 4 is 11.7 Å². The van der Waals surface area contributed by atoms with Crippen molar-refractivity contribution in [3.63, 3.8) is 0 Å². The monoisotopic (exact) mass is 482 g/mol. The lowest BCUT2D eigenvalue weighted by atomic mass is 9.93. The molecule has 1 fully saturated rings. The van der Waals surface area contributed by atoms with Crippen LogP contribution < -0.4 is 16.8 Å². The number of allylic oxidation sites excluding steroid dienone is 1. The van der Waals surface area contributed by atoms with Gasteiger partial charge in [0, 0.05) is 29.3 Å². The third kappa shape index (κ3) is 7.13. The molecule has 0 saturated heterocycles. The third-order valence-corrected chi connectivity index (χ3v) is 6.31. The molecule has 0 spiro atoms. The average molecular weight is 483 g/mol. The largest absolute Gasteiger partial charge is 0.402 e. The Morgan fingerprint density at radius 2 is 1.86 bits per heavy atom. The fourth-order valence-electron chi connectivity index (χ4n) is 4.48. The summed E-state index contributed by atoms with van der Waals surface area (Å²) in [6, 6.07) is 11.8. The van der Waals surface area contributed by atoms with Crippen LogP contribution in [0.1, 0.15) is 63.0 Å². The summed E-state index contributed by atoms with van der Waals surface area (Å²) in [5, 5.41) is 21.3. The highest BCUT2D eigenvalue weighted by Crippen LogP contribution is 2.27. The van der Waals surface area contributed by atoms with Gasteiger partial charge in [0.2, 0.25) is 5.91 Å². The van der Waals surface area contributed by atoms with Gasteiger partial charge in [-0.25, -0.2) is 9.38 Å². The first-order chi connectivity index (χ1) is 16.8. The van der Waals surface area contributed by atoms with Crippen molar-refractivity contribution in [2.24, 2.45) is 16.5 Å². The zero-order valence-corrected chi connectivity index (χ0v) is 20.1. The van der Waals surface area contributed by atoms with Gasteiger partial charge in [-0.05, 0) is 42.0 Å². The number of halogens is 1. The van der Waals surface area contributed by atoms with Crippen LogP contribution in [0.3, 0.4) is 0 Å². The molecule has 8 heteroatoms. The number of amidine groups is 1. The Hall–Kier alpha value is -3.23. The molecule has 0 unspecified atom stereocenters. The smallest absolute Gasteiger partial charge is 0.255 e. The van der Waals surface area contributed by atoms with Gasteiger partial charge in [0.05, 0.1) is 0 Å². The number of benzene rings is 2. The molecular formula is C27H35FN4O3. The summed E-state index contributed by atoms with van der Waals surface area (Å²) in [4.78, 5) is 16.7. The maximum atomic E-state index is 15.3. The minimum Gasteiger partial charge on any atom is -0.402 e. The van der Waals surface area contributed by atoms with Crippen LogP contribution in [0.15, 0.2) is 58.7 Å². The first-order valence-corrected chi connectivity index (χ1v) is 12.2.